The molecule has 1 aromatic carbocycles. The summed E-state index contributed by atoms with van der Waals surface area (Å²) in [4.78, 5) is 18.9. The van der Waals surface area contributed by atoms with Gasteiger partial charge in [0.1, 0.15) is 11.5 Å². The van der Waals surface area contributed by atoms with E-state index < -0.39 is 0 Å². The van der Waals surface area contributed by atoms with Gasteiger partial charge in [-0.2, -0.15) is 0 Å². The highest BCUT2D eigenvalue weighted by Crippen LogP contribution is 2.29. The Balaban J connectivity index is 1.77. The zero-order valence-corrected chi connectivity index (χ0v) is 15.0. The van der Waals surface area contributed by atoms with Crippen LogP contribution in [0, 0.1) is 0 Å². The number of rotatable bonds is 5. The molecule has 0 spiro atoms. The molecule has 4 nitrogen and oxygen atoms in total. The average molecular weight is 325 g/mol. The van der Waals surface area contributed by atoms with Crippen LogP contribution in [0.2, 0.25) is 0 Å². The van der Waals surface area contributed by atoms with E-state index in [9.17, 15) is 4.79 Å². The van der Waals surface area contributed by atoms with E-state index in [1.54, 1.807) is 0 Å². The van der Waals surface area contributed by atoms with Gasteiger partial charge in [0.05, 0.1) is 0 Å². The average Bonchev–Trinajstić information content (AvgIpc) is 3.06. The predicted molar refractivity (Wildman–Crippen MR) is 96.4 cm³/mol. The number of benzene rings is 1. The van der Waals surface area contributed by atoms with Crippen LogP contribution in [0.4, 0.5) is 0 Å². The maximum Gasteiger partial charge on any atom is 0.274 e. The van der Waals surface area contributed by atoms with E-state index in [1.807, 2.05) is 24.9 Å². The Kier molecular flexibility index (Phi) is 5.03. The molecule has 0 bridgehead atoms. The van der Waals surface area contributed by atoms with Crippen LogP contribution in [0.1, 0.15) is 60.5 Å². The Bertz CT molecular complexity index is 698. The summed E-state index contributed by atoms with van der Waals surface area (Å²) in [6.45, 7) is 8.57. The van der Waals surface area contributed by atoms with Crippen LogP contribution in [-0.4, -0.2) is 33.4 Å². The molecule has 0 aliphatic carbocycles. The molecule has 1 aliphatic heterocycles. The van der Waals surface area contributed by atoms with E-state index in [0.29, 0.717) is 11.6 Å². The number of aromatic nitrogens is 2. The number of amides is 1. The Morgan fingerprint density at radius 1 is 1.21 bits per heavy atom. The van der Waals surface area contributed by atoms with Gasteiger partial charge in [-0.15, -0.1) is 0 Å². The summed E-state index contributed by atoms with van der Waals surface area (Å²) in [6.07, 6.45) is 5.06. The zero-order chi connectivity index (χ0) is 17.1. The first kappa shape index (κ1) is 16.7. The Morgan fingerprint density at radius 2 is 1.92 bits per heavy atom. The fourth-order valence-electron chi connectivity index (χ4n) is 3.52. The lowest BCUT2D eigenvalue weighted by atomic mass is 9.91. The van der Waals surface area contributed by atoms with Crippen molar-refractivity contribution in [3.05, 3.63) is 53.1 Å². The number of hydrogen-bond donors (Lipinski definition) is 0. The molecule has 0 saturated heterocycles. The molecule has 0 radical (unpaired) electrons. The molecule has 1 aliphatic rings. The highest BCUT2D eigenvalue weighted by molar-refractivity contribution is 5.92. The topological polar surface area (TPSA) is 38.1 Å². The van der Waals surface area contributed by atoms with Crippen LogP contribution < -0.4 is 0 Å². The van der Waals surface area contributed by atoms with E-state index in [2.05, 4.69) is 40.7 Å². The Hall–Kier alpha value is -2.10. The number of carbonyl (C=O) groups is 1. The van der Waals surface area contributed by atoms with Gasteiger partial charge in [0.2, 0.25) is 0 Å². The van der Waals surface area contributed by atoms with Gasteiger partial charge >= 0.3 is 0 Å². The maximum atomic E-state index is 12.5. The van der Waals surface area contributed by atoms with Crippen molar-refractivity contribution in [3.8, 4) is 0 Å². The highest BCUT2D eigenvalue weighted by Gasteiger charge is 2.24. The van der Waals surface area contributed by atoms with Crippen molar-refractivity contribution in [2.24, 2.45) is 0 Å². The van der Waals surface area contributed by atoms with Crippen LogP contribution in [-0.2, 0) is 19.4 Å². The van der Waals surface area contributed by atoms with Crippen molar-refractivity contribution in [3.63, 3.8) is 0 Å². The molecule has 2 heterocycles. The van der Waals surface area contributed by atoms with Crippen LogP contribution in [0.15, 0.2) is 30.5 Å². The number of imidazole rings is 1. The summed E-state index contributed by atoms with van der Waals surface area (Å²) >= 11 is 0. The molecule has 2 aromatic rings. The molecule has 128 valence electrons. The quantitative estimate of drug-likeness (QED) is 0.841. The van der Waals surface area contributed by atoms with Crippen molar-refractivity contribution in [1.29, 1.82) is 0 Å². The number of fused-ring (bicyclic) bond motifs is 1. The van der Waals surface area contributed by atoms with Crippen molar-refractivity contribution in [2.75, 3.05) is 13.1 Å². The zero-order valence-electron chi connectivity index (χ0n) is 15.0. The van der Waals surface area contributed by atoms with E-state index in [4.69, 9.17) is 0 Å². The standard InChI is InChI=1S/C20H27N3O/c1-4-15-7-9-16(10-8-15)17-11-12-19-21-18(14-23(19)13-17)20(24)22(5-2)6-3/h7-10,14,17H,4-6,11-13H2,1-3H3. The van der Waals surface area contributed by atoms with Gasteiger partial charge in [-0.25, -0.2) is 4.98 Å². The van der Waals surface area contributed by atoms with Gasteiger partial charge in [-0.05, 0) is 37.8 Å². The lowest BCUT2D eigenvalue weighted by molar-refractivity contribution is 0.0767. The molecule has 0 fully saturated rings. The third kappa shape index (κ3) is 3.23. The predicted octanol–water partition coefficient (Wildman–Crippen LogP) is 3.66. The Morgan fingerprint density at radius 3 is 2.54 bits per heavy atom. The summed E-state index contributed by atoms with van der Waals surface area (Å²) in [7, 11) is 0. The maximum absolute atomic E-state index is 12.5. The molecule has 1 atom stereocenters. The molecule has 0 saturated carbocycles. The SMILES string of the molecule is CCc1ccc(C2CCc3nc(C(=O)N(CC)CC)cn3C2)cc1. The Labute approximate surface area is 144 Å². The van der Waals surface area contributed by atoms with Gasteiger partial charge in [-0.3, -0.25) is 4.79 Å². The fraction of sp³-hybridized carbons (Fsp3) is 0.500. The minimum Gasteiger partial charge on any atom is -0.338 e. The van der Waals surface area contributed by atoms with E-state index in [-0.39, 0.29) is 5.91 Å². The molecule has 24 heavy (non-hydrogen) atoms. The van der Waals surface area contributed by atoms with Gasteiger partial charge in [-0.1, -0.05) is 31.2 Å². The second-order valence-electron chi connectivity index (χ2n) is 6.50. The second-order valence-corrected chi connectivity index (χ2v) is 6.50. The van der Waals surface area contributed by atoms with Crippen LogP contribution >= 0.6 is 0 Å². The number of carbonyl (C=O) groups excluding carboxylic acids is 1. The summed E-state index contributed by atoms with van der Waals surface area (Å²) in [5, 5.41) is 0. The molecule has 1 aromatic heterocycles. The monoisotopic (exact) mass is 325 g/mol. The second kappa shape index (κ2) is 7.20. The van der Waals surface area contributed by atoms with E-state index in [0.717, 1.165) is 44.7 Å². The minimum absolute atomic E-state index is 0.0470. The van der Waals surface area contributed by atoms with Gasteiger partial charge in [0.25, 0.3) is 5.91 Å². The van der Waals surface area contributed by atoms with Crippen molar-refractivity contribution < 1.29 is 4.79 Å². The van der Waals surface area contributed by atoms with Crippen LogP contribution in [0.5, 0.6) is 0 Å². The van der Waals surface area contributed by atoms with Crippen LogP contribution in [0.25, 0.3) is 0 Å². The minimum atomic E-state index is 0.0470. The van der Waals surface area contributed by atoms with Gasteiger partial charge in [0.15, 0.2) is 0 Å². The highest BCUT2D eigenvalue weighted by atomic mass is 16.2. The first-order valence-corrected chi connectivity index (χ1v) is 9.10. The van der Waals surface area contributed by atoms with E-state index >= 15 is 0 Å². The summed E-state index contributed by atoms with van der Waals surface area (Å²) < 4.78 is 2.18. The fourth-order valence-corrected chi connectivity index (χ4v) is 3.52. The van der Waals surface area contributed by atoms with Crippen molar-refractivity contribution >= 4 is 5.91 Å². The molecular weight excluding hydrogens is 298 g/mol. The number of aryl methyl sites for hydroxylation is 2. The molecule has 1 amide bonds. The molecule has 3 rings (SSSR count). The summed E-state index contributed by atoms with van der Waals surface area (Å²) in [6, 6.07) is 8.98. The molecule has 4 heteroatoms. The lowest BCUT2D eigenvalue weighted by Crippen LogP contribution is -2.30. The van der Waals surface area contributed by atoms with Crippen molar-refractivity contribution in [1.82, 2.24) is 14.5 Å². The molecule has 0 N–H and O–H groups in total. The smallest absolute Gasteiger partial charge is 0.274 e. The third-order valence-electron chi connectivity index (χ3n) is 5.12. The largest absolute Gasteiger partial charge is 0.338 e. The van der Waals surface area contributed by atoms with E-state index in [1.165, 1.54) is 11.1 Å². The summed E-state index contributed by atoms with van der Waals surface area (Å²) in [5.41, 5.74) is 3.36. The summed E-state index contributed by atoms with van der Waals surface area (Å²) in [5.74, 6) is 1.60. The van der Waals surface area contributed by atoms with Gasteiger partial charge < -0.3 is 9.47 Å². The normalized spacial score (nSPS) is 16.7. The van der Waals surface area contributed by atoms with Crippen molar-refractivity contribution in [2.45, 2.75) is 52.5 Å². The van der Waals surface area contributed by atoms with Gasteiger partial charge in [0, 0.05) is 38.2 Å². The lowest BCUT2D eigenvalue weighted by Gasteiger charge is -2.24. The van der Waals surface area contributed by atoms with Crippen LogP contribution in [0.3, 0.4) is 0 Å². The first-order valence-electron chi connectivity index (χ1n) is 9.10. The number of nitrogens with zero attached hydrogens (tertiary/aromatic N) is 3. The first-order chi connectivity index (χ1) is 11.7. The number of hydrogen-bond acceptors (Lipinski definition) is 2. The molecule has 1 unspecified atom stereocenters. The third-order valence-corrected chi connectivity index (χ3v) is 5.12. The molecular formula is C20H27N3O.